The summed E-state index contributed by atoms with van der Waals surface area (Å²) in [6, 6.07) is 9.31. The lowest BCUT2D eigenvalue weighted by Gasteiger charge is -2.17. The molecule has 0 spiro atoms. The lowest BCUT2D eigenvalue weighted by Crippen LogP contribution is -2.18. The van der Waals surface area contributed by atoms with Crippen LogP contribution >= 0.6 is 11.6 Å². The number of hydrogen-bond donors (Lipinski definition) is 1. The maximum Gasteiger partial charge on any atom is 0.165 e. The van der Waals surface area contributed by atoms with Gasteiger partial charge in [-0.15, -0.1) is 0 Å². The number of halogens is 1. The number of pyridine rings is 1. The van der Waals surface area contributed by atoms with Crippen molar-refractivity contribution in [3.8, 4) is 11.5 Å². The molecule has 0 bridgehead atoms. The Balaban J connectivity index is 2.26. The fourth-order valence-corrected chi connectivity index (χ4v) is 2.30. The molecule has 0 saturated carbocycles. The first-order valence-electron chi connectivity index (χ1n) is 6.75. The monoisotopic (exact) mass is 306 g/mol. The van der Waals surface area contributed by atoms with Crippen molar-refractivity contribution >= 4 is 11.6 Å². The average molecular weight is 307 g/mol. The van der Waals surface area contributed by atoms with Crippen LogP contribution in [0.3, 0.4) is 0 Å². The molecule has 0 aliphatic rings. The Morgan fingerprint density at radius 3 is 2.76 bits per heavy atom. The van der Waals surface area contributed by atoms with Crippen molar-refractivity contribution in [1.82, 2.24) is 4.98 Å². The summed E-state index contributed by atoms with van der Waals surface area (Å²) in [4.78, 5) is 4.24. The molecule has 0 aliphatic heterocycles. The number of nitrogens with two attached hydrogens (primary N) is 1. The third kappa shape index (κ3) is 4.34. The fraction of sp³-hybridized carbons (Fsp3) is 0.312. The van der Waals surface area contributed by atoms with E-state index in [-0.39, 0.29) is 6.04 Å². The first-order valence-corrected chi connectivity index (χ1v) is 7.12. The van der Waals surface area contributed by atoms with Crippen LogP contribution in [-0.2, 0) is 13.0 Å². The minimum atomic E-state index is 0.00498. The number of methoxy groups -OCH3 is 1. The van der Waals surface area contributed by atoms with Crippen LogP contribution < -0.4 is 15.2 Å². The molecule has 0 aliphatic carbocycles. The van der Waals surface area contributed by atoms with Gasteiger partial charge in [-0.25, -0.2) is 0 Å². The Hall–Kier alpha value is -1.78. The molecular weight excluding hydrogens is 288 g/mol. The van der Waals surface area contributed by atoms with E-state index in [4.69, 9.17) is 26.8 Å². The van der Waals surface area contributed by atoms with Gasteiger partial charge in [0, 0.05) is 28.9 Å². The van der Waals surface area contributed by atoms with Gasteiger partial charge in [-0.3, -0.25) is 4.98 Å². The number of benzene rings is 1. The van der Waals surface area contributed by atoms with Crippen LogP contribution in [-0.4, -0.2) is 18.1 Å². The predicted molar refractivity (Wildman–Crippen MR) is 83.9 cm³/mol. The Morgan fingerprint density at radius 2 is 2.14 bits per heavy atom. The minimum absolute atomic E-state index is 0.00498. The Bertz CT molecular complexity index is 588. The second-order valence-electron chi connectivity index (χ2n) is 4.89. The standard InChI is InChI=1S/C16H19ClN2O2/c1-11(18)7-12-8-13(17)9-15(20-2)16(12)21-10-14-5-3-4-6-19-14/h3-6,8-9,11H,7,10,18H2,1-2H3. The maximum absolute atomic E-state index is 6.11. The summed E-state index contributed by atoms with van der Waals surface area (Å²) in [7, 11) is 1.59. The van der Waals surface area contributed by atoms with Crippen LogP contribution in [0, 0.1) is 0 Å². The van der Waals surface area contributed by atoms with Crippen LogP contribution in [0.4, 0.5) is 0 Å². The van der Waals surface area contributed by atoms with Crippen molar-refractivity contribution in [2.45, 2.75) is 26.0 Å². The van der Waals surface area contributed by atoms with E-state index >= 15 is 0 Å². The van der Waals surface area contributed by atoms with Gasteiger partial charge in [0.15, 0.2) is 11.5 Å². The summed E-state index contributed by atoms with van der Waals surface area (Å²) < 4.78 is 11.3. The van der Waals surface area contributed by atoms with Crippen molar-refractivity contribution in [3.63, 3.8) is 0 Å². The van der Waals surface area contributed by atoms with E-state index in [1.54, 1.807) is 19.4 Å². The molecule has 1 heterocycles. The van der Waals surface area contributed by atoms with Gasteiger partial charge >= 0.3 is 0 Å². The highest BCUT2D eigenvalue weighted by molar-refractivity contribution is 6.30. The number of hydrogen-bond acceptors (Lipinski definition) is 4. The lowest BCUT2D eigenvalue weighted by molar-refractivity contribution is 0.277. The minimum Gasteiger partial charge on any atom is -0.493 e. The zero-order valence-corrected chi connectivity index (χ0v) is 12.9. The van der Waals surface area contributed by atoms with Crippen LogP contribution in [0.25, 0.3) is 0 Å². The van der Waals surface area contributed by atoms with Gasteiger partial charge in [0.25, 0.3) is 0 Å². The van der Waals surface area contributed by atoms with Crippen molar-refractivity contribution < 1.29 is 9.47 Å². The van der Waals surface area contributed by atoms with Gasteiger partial charge in [0.05, 0.1) is 12.8 Å². The molecule has 1 aromatic carbocycles. The van der Waals surface area contributed by atoms with Crippen molar-refractivity contribution in [1.29, 1.82) is 0 Å². The van der Waals surface area contributed by atoms with Gasteiger partial charge in [-0.05, 0) is 31.5 Å². The van der Waals surface area contributed by atoms with Crippen molar-refractivity contribution in [3.05, 3.63) is 52.8 Å². The number of nitrogens with zero attached hydrogens (tertiary/aromatic N) is 1. The molecule has 2 N–H and O–H groups in total. The smallest absolute Gasteiger partial charge is 0.165 e. The van der Waals surface area contributed by atoms with Crippen LogP contribution in [0.1, 0.15) is 18.2 Å². The third-order valence-electron chi connectivity index (χ3n) is 2.95. The van der Waals surface area contributed by atoms with Gasteiger partial charge in [-0.2, -0.15) is 0 Å². The van der Waals surface area contributed by atoms with Crippen molar-refractivity contribution in [2.24, 2.45) is 5.73 Å². The molecule has 1 aromatic heterocycles. The molecule has 2 aromatic rings. The summed E-state index contributed by atoms with van der Waals surface area (Å²) in [6.45, 7) is 2.31. The topological polar surface area (TPSA) is 57.4 Å². The second kappa shape index (κ2) is 7.29. The van der Waals surface area contributed by atoms with Gasteiger partial charge in [-0.1, -0.05) is 17.7 Å². The number of rotatable bonds is 6. The van der Waals surface area contributed by atoms with Gasteiger partial charge < -0.3 is 15.2 Å². The predicted octanol–water partition coefficient (Wildman–Crippen LogP) is 3.21. The van der Waals surface area contributed by atoms with Gasteiger partial charge in [0.2, 0.25) is 0 Å². The van der Waals surface area contributed by atoms with E-state index in [2.05, 4.69) is 4.98 Å². The Kier molecular flexibility index (Phi) is 5.42. The number of aromatic nitrogens is 1. The molecule has 21 heavy (non-hydrogen) atoms. The molecule has 2 rings (SSSR count). The second-order valence-corrected chi connectivity index (χ2v) is 5.32. The molecule has 112 valence electrons. The summed E-state index contributed by atoms with van der Waals surface area (Å²) in [5, 5.41) is 0.604. The molecular formula is C16H19ClN2O2. The molecule has 0 amide bonds. The quantitative estimate of drug-likeness (QED) is 0.890. The van der Waals surface area contributed by atoms with E-state index in [1.807, 2.05) is 31.2 Å². The largest absolute Gasteiger partial charge is 0.493 e. The summed E-state index contributed by atoms with van der Waals surface area (Å²) >= 11 is 6.11. The van der Waals surface area contributed by atoms with E-state index in [0.717, 1.165) is 11.3 Å². The van der Waals surface area contributed by atoms with Crippen LogP contribution in [0.15, 0.2) is 36.5 Å². The van der Waals surface area contributed by atoms with Crippen molar-refractivity contribution in [2.75, 3.05) is 7.11 Å². The first kappa shape index (κ1) is 15.6. The lowest BCUT2D eigenvalue weighted by atomic mass is 10.1. The molecule has 4 nitrogen and oxygen atoms in total. The zero-order valence-electron chi connectivity index (χ0n) is 12.2. The summed E-state index contributed by atoms with van der Waals surface area (Å²) in [5.74, 6) is 1.28. The Morgan fingerprint density at radius 1 is 1.33 bits per heavy atom. The molecule has 0 saturated heterocycles. The molecule has 5 heteroatoms. The molecule has 0 fully saturated rings. The van der Waals surface area contributed by atoms with Gasteiger partial charge in [0.1, 0.15) is 6.61 Å². The average Bonchev–Trinajstić information content (AvgIpc) is 2.46. The van der Waals surface area contributed by atoms with E-state index in [0.29, 0.717) is 29.5 Å². The zero-order chi connectivity index (χ0) is 15.2. The highest BCUT2D eigenvalue weighted by atomic mass is 35.5. The molecule has 1 unspecified atom stereocenters. The Labute approximate surface area is 129 Å². The first-order chi connectivity index (χ1) is 10.1. The third-order valence-corrected chi connectivity index (χ3v) is 3.17. The highest BCUT2D eigenvalue weighted by Gasteiger charge is 2.14. The van der Waals surface area contributed by atoms with E-state index < -0.39 is 0 Å². The molecule has 1 atom stereocenters. The van der Waals surface area contributed by atoms with Crippen LogP contribution in [0.2, 0.25) is 5.02 Å². The van der Waals surface area contributed by atoms with E-state index in [1.165, 1.54) is 0 Å². The normalized spacial score (nSPS) is 12.0. The summed E-state index contributed by atoms with van der Waals surface area (Å²) in [6.07, 6.45) is 2.40. The fourth-order valence-electron chi connectivity index (χ4n) is 2.07. The van der Waals surface area contributed by atoms with Crippen LogP contribution in [0.5, 0.6) is 11.5 Å². The SMILES string of the molecule is COc1cc(Cl)cc(CC(C)N)c1OCc1ccccn1. The molecule has 0 radical (unpaired) electrons. The van der Waals surface area contributed by atoms with E-state index in [9.17, 15) is 0 Å². The maximum atomic E-state index is 6.11. The highest BCUT2D eigenvalue weighted by Crippen LogP contribution is 2.35. The number of ether oxygens (including phenoxy) is 2. The summed E-state index contributed by atoms with van der Waals surface area (Å²) in [5.41, 5.74) is 7.67.